The fourth-order valence-electron chi connectivity index (χ4n) is 2.95. The molecule has 2 heterocycles. The van der Waals surface area contributed by atoms with Gasteiger partial charge in [-0.15, -0.1) is 0 Å². The number of benzene rings is 1. The maximum atomic E-state index is 12.4. The molecule has 0 saturated carbocycles. The van der Waals surface area contributed by atoms with Gasteiger partial charge in [-0.3, -0.25) is 4.90 Å². The van der Waals surface area contributed by atoms with Gasteiger partial charge >= 0.3 is 6.09 Å². The van der Waals surface area contributed by atoms with Crippen LogP contribution in [0, 0.1) is 0 Å². The fourth-order valence-corrected chi connectivity index (χ4v) is 2.95. The van der Waals surface area contributed by atoms with Gasteiger partial charge in [-0.25, -0.2) is 9.78 Å². The summed E-state index contributed by atoms with van der Waals surface area (Å²) >= 11 is 0. The summed E-state index contributed by atoms with van der Waals surface area (Å²) in [6, 6.07) is 13.9. The van der Waals surface area contributed by atoms with Gasteiger partial charge in [-0.05, 0) is 31.0 Å². The normalized spacial score (nSPS) is 20.5. The van der Waals surface area contributed by atoms with Crippen molar-refractivity contribution in [3.8, 4) is 0 Å². The minimum absolute atomic E-state index is 0.0483. The highest BCUT2D eigenvalue weighted by Gasteiger charge is 2.41. The van der Waals surface area contributed by atoms with E-state index >= 15 is 0 Å². The molecule has 2 atom stereocenters. The Morgan fingerprint density at radius 2 is 1.91 bits per heavy atom. The number of anilines is 2. The van der Waals surface area contributed by atoms with E-state index in [1.807, 2.05) is 56.3 Å². The van der Waals surface area contributed by atoms with Gasteiger partial charge in [0.15, 0.2) is 5.82 Å². The van der Waals surface area contributed by atoms with Gasteiger partial charge in [0, 0.05) is 20.3 Å². The SMILES string of the molecule is CC1OC(=O)N(c2cccnc2N(C)C)C1Cc1ccccc1. The molecule has 0 spiro atoms. The van der Waals surface area contributed by atoms with Crippen LogP contribution >= 0.6 is 0 Å². The lowest BCUT2D eigenvalue weighted by atomic mass is 10.0. The van der Waals surface area contributed by atoms with Gasteiger partial charge in [0.25, 0.3) is 0 Å². The maximum Gasteiger partial charge on any atom is 0.415 e. The molecule has 1 aromatic heterocycles. The van der Waals surface area contributed by atoms with E-state index in [0.717, 1.165) is 17.9 Å². The molecular weight excluding hydrogens is 290 g/mol. The second kappa shape index (κ2) is 6.28. The lowest BCUT2D eigenvalue weighted by molar-refractivity contribution is 0.141. The highest BCUT2D eigenvalue weighted by atomic mass is 16.6. The predicted octanol–water partition coefficient (Wildman–Crippen LogP) is 3.10. The minimum atomic E-state index is -0.311. The molecule has 1 aliphatic rings. The van der Waals surface area contributed by atoms with Gasteiger partial charge in [0.05, 0.1) is 11.7 Å². The Morgan fingerprint density at radius 3 is 2.61 bits per heavy atom. The van der Waals surface area contributed by atoms with Crippen LogP contribution in [0.1, 0.15) is 12.5 Å². The van der Waals surface area contributed by atoms with Crippen LogP contribution in [-0.2, 0) is 11.2 Å². The van der Waals surface area contributed by atoms with E-state index in [1.54, 1.807) is 11.1 Å². The van der Waals surface area contributed by atoms with Crippen LogP contribution < -0.4 is 9.80 Å². The van der Waals surface area contributed by atoms with E-state index in [0.29, 0.717) is 0 Å². The summed E-state index contributed by atoms with van der Waals surface area (Å²) < 4.78 is 5.49. The first kappa shape index (κ1) is 15.3. The molecule has 5 heteroatoms. The van der Waals surface area contributed by atoms with Gasteiger partial charge in [0.1, 0.15) is 6.10 Å². The minimum Gasteiger partial charge on any atom is -0.444 e. The molecule has 0 bridgehead atoms. The smallest absolute Gasteiger partial charge is 0.415 e. The van der Waals surface area contributed by atoms with Crippen molar-refractivity contribution in [2.45, 2.75) is 25.5 Å². The second-order valence-corrected chi connectivity index (χ2v) is 5.96. The largest absolute Gasteiger partial charge is 0.444 e. The molecule has 23 heavy (non-hydrogen) atoms. The second-order valence-electron chi connectivity index (χ2n) is 5.96. The summed E-state index contributed by atoms with van der Waals surface area (Å²) in [5.74, 6) is 0.761. The highest BCUT2D eigenvalue weighted by Crippen LogP contribution is 2.34. The van der Waals surface area contributed by atoms with Crippen LogP contribution in [-0.4, -0.2) is 37.3 Å². The summed E-state index contributed by atoms with van der Waals surface area (Å²) in [6.45, 7) is 1.94. The molecule has 3 rings (SSSR count). The molecular formula is C18H21N3O2. The molecule has 1 amide bonds. The van der Waals surface area contributed by atoms with Crippen molar-refractivity contribution in [1.82, 2.24) is 4.98 Å². The quantitative estimate of drug-likeness (QED) is 0.870. The van der Waals surface area contributed by atoms with Crippen molar-refractivity contribution >= 4 is 17.6 Å². The van der Waals surface area contributed by atoms with Gasteiger partial charge in [-0.2, -0.15) is 0 Å². The van der Waals surface area contributed by atoms with Crippen molar-refractivity contribution in [1.29, 1.82) is 0 Å². The van der Waals surface area contributed by atoms with Crippen LogP contribution in [0.4, 0.5) is 16.3 Å². The Balaban J connectivity index is 1.97. The van der Waals surface area contributed by atoms with E-state index in [-0.39, 0.29) is 18.2 Å². The van der Waals surface area contributed by atoms with Crippen LogP contribution in [0.5, 0.6) is 0 Å². The third-order valence-corrected chi connectivity index (χ3v) is 4.09. The molecule has 2 unspecified atom stereocenters. The maximum absolute atomic E-state index is 12.4. The molecule has 5 nitrogen and oxygen atoms in total. The molecule has 120 valence electrons. The van der Waals surface area contributed by atoms with Crippen LogP contribution in [0.2, 0.25) is 0 Å². The lowest BCUT2D eigenvalue weighted by Gasteiger charge is -2.26. The molecule has 0 aliphatic carbocycles. The third kappa shape index (κ3) is 2.99. The Bertz CT molecular complexity index is 688. The van der Waals surface area contributed by atoms with Gasteiger partial charge in [0.2, 0.25) is 0 Å². The standard InChI is InChI=1S/C18H21N3O2/c1-13-16(12-14-8-5-4-6-9-14)21(18(22)23-13)15-10-7-11-19-17(15)20(2)3/h4-11,13,16H,12H2,1-3H3. The van der Waals surface area contributed by atoms with E-state index < -0.39 is 0 Å². The zero-order chi connectivity index (χ0) is 16.4. The number of ether oxygens (including phenoxy) is 1. The molecule has 1 aromatic carbocycles. The number of cyclic esters (lactones) is 1. The number of pyridine rings is 1. The number of hydrogen-bond donors (Lipinski definition) is 0. The monoisotopic (exact) mass is 311 g/mol. The van der Waals surface area contributed by atoms with E-state index in [2.05, 4.69) is 17.1 Å². The highest BCUT2D eigenvalue weighted by molar-refractivity contribution is 5.94. The van der Waals surface area contributed by atoms with Crippen LogP contribution in [0.15, 0.2) is 48.7 Å². The summed E-state index contributed by atoms with van der Waals surface area (Å²) in [5, 5.41) is 0. The Morgan fingerprint density at radius 1 is 1.17 bits per heavy atom. The lowest BCUT2D eigenvalue weighted by Crippen LogP contribution is -2.38. The molecule has 0 N–H and O–H groups in total. The first-order chi connectivity index (χ1) is 11.1. The Kier molecular flexibility index (Phi) is 4.19. The third-order valence-electron chi connectivity index (χ3n) is 4.09. The number of rotatable bonds is 4. The van der Waals surface area contributed by atoms with Gasteiger partial charge in [-0.1, -0.05) is 30.3 Å². The topological polar surface area (TPSA) is 45.7 Å². The van der Waals surface area contributed by atoms with Crippen LogP contribution in [0.3, 0.4) is 0 Å². The van der Waals surface area contributed by atoms with E-state index in [4.69, 9.17) is 4.74 Å². The van der Waals surface area contributed by atoms with E-state index in [9.17, 15) is 4.79 Å². The van der Waals surface area contributed by atoms with Gasteiger partial charge < -0.3 is 9.64 Å². The van der Waals surface area contributed by atoms with Crippen molar-refractivity contribution in [3.05, 3.63) is 54.2 Å². The molecule has 1 aliphatic heterocycles. The summed E-state index contributed by atoms with van der Waals surface area (Å²) in [5.41, 5.74) is 1.97. The van der Waals surface area contributed by atoms with E-state index in [1.165, 1.54) is 5.56 Å². The fraction of sp³-hybridized carbons (Fsp3) is 0.333. The Hall–Kier alpha value is -2.56. The van der Waals surface area contributed by atoms with Crippen molar-refractivity contribution in [2.75, 3.05) is 23.9 Å². The Labute approximate surface area is 136 Å². The number of carbonyl (C=O) groups excluding carboxylic acids is 1. The first-order valence-corrected chi connectivity index (χ1v) is 7.74. The summed E-state index contributed by atoms with van der Waals surface area (Å²) in [7, 11) is 3.84. The number of aromatic nitrogens is 1. The van der Waals surface area contributed by atoms with Crippen molar-refractivity contribution in [3.63, 3.8) is 0 Å². The van der Waals surface area contributed by atoms with Crippen molar-refractivity contribution < 1.29 is 9.53 Å². The average Bonchev–Trinajstić information content (AvgIpc) is 2.82. The zero-order valence-electron chi connectivity index (χ0n) is 13.6. The zero-order valence-corrected chi connectivity index (χ0v) is 13.6. The summed E-state index contributed by atoms with van der Waals surface area (Å²) in [6.07, 6.45) is 2.00. The van der Waals surface area contributed by atoms with Crippen molar-refractivity contribution in [2.24, 2.45) is 0 Å². The first-order valence-electron chi connectivity index (χ1n) is 7.74. The van der Waals surface area contributed by atoms with Crippen LogP contribution in [0.25, 0.3) is 0 Å². The molecule has 1 saturated heterocycles. The average molecular weight is 311 g/mol. The number of nitrogens with zero attached hydrogens (tertiary/aromatic N) is 3. The molecule has 1 fully saturated rings. The molecule has 2 aromatic rings. The number of carbonyl (C=O) groups is 1. The molecule has 0 radical (unpaired) electrons. The predicted molar refractivity (Wildman–Crippen MR) is 90.9 cm³/mol. The summed E-state index contributed by atoms with van der Waals surface area (Å²) in [4.78, 5) is 20.5. The number of amides is 1. The number of hydrogen-bond acceptors (Lipinski definition) is 4.